The number of nitriles is 1. The summed E-state index contributed by atoms with van der Waals surface area (Å²) in [6.07, 6.45) is 0.674. The normalized spacial score (nSPS) is 10.5. The fourth-order valence-electron chi connectivity index (χ4n) is 1.89. The van der Waals surface area contributed by atoms with Gasteiger partial charge in [0.05, 0.1) is 25.0 Å². The van der Waals surface area contributed by atoms with Gasteiger partial charge in [-0.15, -0.1) is 16.7 Å². The number of benzene rings is 2. The van der Waals surface area contributed by atoms with Crippen molar-refractivity contribution in [2.24, 2.45) is 10.3 Å². The molecule has 0 unspecified atom stereocenters. The fourth-order valence-corrected chi connectivity index (χ4v) is 2.00. The Bertz CT molecular complexity index is 775. The third kappa shape index (κ3) is 5.33. The van der Waals surface area contributed by atoms with Crippen LogP contribution in [0.3, 0.4) is 0 Å². The number of nitrogens with zero attached hydrogens (tertiary/aromatic N) is 3. The van der Waals surface area contributed by atoms with Crippen LogP contribution in [-0.2, 0) is 0 Å². The largest absolute Gasteiger partial charge is 0.493 e. The highest BCUT2D eigenvalue weighted by Gasteiger charge is 2.11. The molecule has 25 heavy (non-hydrogen) atoms. The molecule has 0 aliphatic heterocycles. The van der Waals surface area contributed by atoms with Gasteiger partial charge < -0.3 is 9.47 Å². The van der Waals surface area contributed by atoms with Crippen LogP contribution in [0.2, 0.25) is 0 Å². The van der Waals surface area contributed by atoms with Gasteiger partial charge in [-0.25, -0.2) is 4.39 Å². The molecule has 0 aromatic heterocycles. The number of hydrogen-bond donors (Lipinski definition) is 1. The van der Waals surface area contributed by atoms with Crippen LogP contribution >= 0.6 is 11.6 Å². The van der Waals surface area contributed by atoms with Crippen molar-refractivity contribution in [1.29, 1.82) is 5.26 Å². The lowest BCUT2D eigenvalue weighted by Gasteiger charge is -2.11. The summed E-state index contributed by atoms with van der Waals surface area (Å²) in [7, 11) is 1.49. The second-order valence-corrected chi connectivity index (χ2v) is 5.22. The summed E-state index contributed by atoms with van der Waals surface area (Å²) in [6, 6.07) is 10.8. The summed E-state index contributed by atoms with van der Waals surface area (Å²) in [6.45, 7) is 0.413. The van der Waals surface area contributed by atoms with E-state index in [9.17, 15) is 9.65 Å². The molecule has 0 saturated carbocycles. The Balaban J connectivity index is 2.19. The van der Waals surface area contributed by atoms with Crippen LogP contribution in [-0.4, -0.2) is 19.6 Å². The van der Waals surface area contributed by atoms with Crippen LogP contribution in [0.5, 0.6) is 11.5 Å². The van der Waals surface area contributed by atoms with E-state index in [1.165, 1.54) is 37.4 Å². The predicted octanol–water partition coefficient (Wildman–Crippen LogP) is 4.82. The molecule has 2 aromatic rings. The van der Waals surface area contributed by atoms with Crippen molar-refractivity contribution in [3.63, 3.8) is 0 Å². The highest BCUT2D eigenvalue weighted by atomic mass is 35.5. The zero-order valence-corrected chi connectivity index (χ0v) is 14.3. The Morgan fingerprint density at radius 2 is 2.00 bits per heavy atom. The van der Waals surface area contributed by atoms with Gasteiger partial charge in [0.2, 0.25) is 0 Å². The second kappa shape index (κ2) is 9.45. The van der Waals surface area contributed by atoms with Crippen LogP contribution in [0.15, 0.2) is 46.7 Å². The Morgan fingerprint density at radius 3 is 2.64 bits per heavy atom. The first kappa shape index (κ1) is 18.5. The molecule has 0 atom stereocenters. The summed E-state index contributed by atoms with van der Waals surface area (Å²) in [5, 5.41) is 17.1. The molecule has 0 fully saturated rings. The molecule has 0 aliphatic carbocycles. The lowest BCUT2D eigenvalue weighted by Crippen LogP contribution is -2.00. The summed E-state index contributed by atoms with van der Waals surface area (Å²) in [5.74, 6) is 1.01. The molecule has 0 radical (unpaired) electrons. The average molecular weight is 363 g/mol. The molecule has 6 nitrogen and oxygen atoms in total. The summed E-state index contributed by atoms with van der Waals surface area (Å²) in [4.78, 5) is 0. The first-order valence-corrected chi connectivity index (χ1v) is 7.94. The molecule has 2 aromatic carbocycles. The fraction of sp³-hybridized carbons (Fsp3) is 0.235. The van der Waals surface area contributed by atoms with Crippen LogP contribution in [0.25, 0.3) is 0 Å². The van der Waals surface area contributed by atoms with Crippen molar-refractivity contribution in [3.05, 3.63) is 47.8 Å². The third-order valence-corrected chi connectivity index (χ3v) is 3.39. The molecule has 0 amide bonds. The second-order valence-electron chi connectivity index (χ2n) is 4.84. The maximum Gasteiger partial charge on any atom is 0.163 e. The molecular formula is C17H16ClFN4O2. The summed E-state index contributed by atoms with van der Waals surface area (Å²) < 4.78 is 23.7. The number of nitrogens with one attached hydrogen (secondary N) is 1. The number of alkyl halides is 1. The number of halogens is 2. The van der Waals surface area contributed by atoms with Crippen molar-refractivity contribution >= 4 is 23.0 Å². The van der Waals surface area contributed by atoms with Gasteiger partial charge in [-0.2, -0.15) is 5.26 Å². The smallest absolute Gasteiger partial charge is 0.163 e. The molecule has 1 N–H and O–H groups in total. The standard InChI is InChI=1S/C17H16ClFN4O2/c1-24-16-9-12(11-20)15(10-17(16)25-8-2-7-18)22-23-21-14-5-3-13(19)4-6-14/h3-6,9-10H,2,7-8H2,1H3,(H,21,22). The molecular weight excluding hydrogens is 347 g/mol. The zero-order valence-electron chi connectivity index (χ0n) is 13.5. The predicted molar refractivity (Wildman–Crippen MR) is 93.1 cm³/mol. The lowest BCUT2D eigenvalue weighted by molar-refractivity contribution is 0.295. The highest BCUT2D eigenvalue weighted by Crippen LogP contribution is 2.35. The maximum absolute atomic E-state index is 12.9. The first-order chi connectivity index (χ1) is 12.2. The molecule has 0 spiro atoms. The molecule has 0 saturated heterocycles. The van der Waals surface area contributed by atoms with Gasteiger partial charge in [0.1, 0.15) is 17.6 Å². The van der Waals surface area contributed by atoms with Gasteiger partial charge >= 0.3 is 0 Å². The van der Waals surface area contributed by atoms with E-state index in [0.717, 1.165) is 0 Å². The Morgan fingerprint density at radius 1 is 1.24 bits per heavy atom. The number of anilines is 1. The SMILES string of the molecule is COc1cc(C#N)c(N=NNc2ccc(F)cc2)cc1OCCCCl. The Labute approximate surface area is 149 Å². The van der Waals surface area contributed by atoms with E-state index in [2.05, 4.69) is 15.8 Å². The highest BCUT2D eigenvalue weighted by molar-refractivity contribution is 6.17. The monoisotopic (exact) mass is 362 g/mol. The van der Waals surface area contributed by atoms with E-state index in [-0.39, 0.29) is 11.4 Å². The molecule has 130 valence electrons. The van der Waals surface area contributed by atoms with E-state index in [0.29, 0.717) is 41.8 Å². The van der Waals surface area contributed by atoms with Gasteiger partial charge in [-0.3, -0.25) is 5.43 Å². The number of hydrogen-bond acceptors (Lipinski definition) is 5. The summed E-state index contributed by atoms with van der Waals surface area (Å²) in [5.41, 5.74) is 3.83. The van der Waals surface area contributed by atoms with E-state index in [1.807, 2.05) is 6.07 Å². The minimum Gasteiger partial charge on any atom is -0.493 e. The van der Waals surface area contributed by atoms with Crippen molar-refractivity contribution in [2.75, 3.05) is 25.0 Å². The average Bonchev–Trinajstić information content (AvgIpc) is 2.63. The van der Waals surface area contributed by atoms with E-state index < -0.39 is 0 Å². The summed E-state index contributed by atoms with van der Waals surface area (Å²) >= 11 is 5.64. The van der Waals surface area contributed by atoms with Gasteiger partial charge in [0.15, 0.2) is 11.5 Å². The Kier molecular flexibility index (Phi) is 6.99. The first-order valence-electron chi connectivity index (χ1n) is 7.41. The minimum atomic E-state index is -0.344. The van der Waals surface area contributed by atoms with E-state index >= 15 is 0 Å². The molecule has 0 heterocycles. The number of methoxy groups -OCH3 is 1. The van der Waals surface area contributed by atoms with Gasteiger partial charge in [0.25, 0.3) is 0 Å². The van der Waals surface area contributed by atoms with Crippen molar-refractivity contribution < 1.29 is 13.9 Å². The quantitative estimate of drug-likeness (QED) is 0.316. The molecule has 2 rings (SSSR count). The topological polar surface area (TPSA) is 79.0 Å². The van der Waals surface area contributed by atoms with Gasteiger partial charge in [-0.1, -0.05) is 5.22 Å². The minimum absolute atomic E-state index is 0.284. The van der Waals surface area contributed by atoms with E-state index in [1.54, 1.807) is 6.07 Å². The lowest BCUT2D eigenvalue weighted by atomic mass is 10.1. The zero-order chi connectivity index (χ0) is 18.1. The van der Waals surface area contributed by atoms with Crippen molar-refractivity contribution in [1.82, 2.24) is 0 Å². The number of rotatable bonds is 8. The molecule has 0 aliphatic rings. The third-order valence-electron chi connectivity index (χ3n) is 3.12. The van der Waals surface area contributed by atoms with Crippen LogP contribution in [0.4, 0.5) is 15.8 Å². The van der Waals surface area contributed by atoms with Crippen LogP contribution < -0.4 is 14.9 Å². The maximum atomic E-state index is 12.9. The van der Waals surface area contributed by atoms with Gasteiger partial charge in [0, 0.05) is 18.0 Å². The Hall–Kier alpha value is -2.85. The van der Waals surface area contributed by atoms with Crippen molar-refractivity contribution in [2.45, 2.75) is 6.42 Å². The number of ether oxygens (including phenoxy) is 2. The van der Waals surface area contributed by atoms with Gasteiger partial charge in [-0.05, 0) is 30.7 Å². The van der Waals surface area contributed by atoms with Crippen LogP contribution in [0, 0.1) is 17.1 Å². The molecule has 0 bridgehead atoms. The molecule has 8 heteroatoms. The van der Waals surface area contributed by atoms with Crippen molar-refractivity contribution in [3.8, 4) is 17.6 Å². The van der Waals surface area contributed by atoms with E-state index in [4.69, 9.17) is 21.1 Å². The van der Waals surface area contributed by atoms with Crippen LogP contribution in [0.1, 0.15) is 12.0 Å².